The highest BCUT2D eigenvalue weighted by molar-refractivity contribution is 9.10. The molecule has 0 bridgehead atoms. The largest absolute Gasteiger partial charge is 0.313 e. The van der Waals surface area contributed by atoms with Crippen LogP contribution in [-0.2, 0) is 6.54 Å². The van der Waals surface area contributed by atoms with Crippen molar-refractivity contribution in [2.75, 3.05) is 20.1 Å². The van der Waals surface area contributed by atoms with E-state index >= 15 is 0 Å². The van der Waals surface area contributed by atoms with Gasteiger partial charge in [0.25, 0.3) is 0 Å². The van der Waals surface area contributed by atoms with Gasteiger partial charge in [-0.3, -0.25) is 0 Å². The van der Waals surface area contributed by atoms with E-state index in [4.69, 9.17) is 0 Å². The average Bonchev–Trinajstić information content (AvgIpc) is 2.90. The van der Waals surface area contributed by atoms with E-state index in [0.717, 1.165) is 25.7 Å². The van der Waals surface area contributed by atoms with Crippen molar-refractivity contribution in [2.24, 2.45) is 0 Å². The number of halogens is 1. The highest BCUT2D eigenvalue weighted by atomic mass is 79.9. The topological polar surface area (TPSA) is 15.3 Å². The predicted molar refractivity (Wildman–Crippen MR) is 78.6 cm³/mol. The van der Waals surface area contributed by atoms with Crippen molar-refractivity contribution in [2.45, 2.75) is 38.3 Å². The van der Waals surface area contributed by atoms with Crippen LogP contribution in [0.5, 0.6) is 0 Å². The Hall–Kier alpha value is 0.1000. The van der Waals surface area contributed by atoms with E-state index < -0.39 is 0 Å². The van der Waals surface area contributed by atoms with Crippen LogP contribution in [0.4, 0.5) is 0 Å². The lowest BCUT2D eigenvalue weighted by Gasteiger charge is -2.18. The Morgan fingerprint density at radius 2 is 2.24 bits per heavy atom. The number of likely N-dealkylation sites (N-methyl/N-ethyl adjacent to an activating group) is 1. The minimum absolute atomic E-state index is 0.791. The lowest BCUT2D eigenvalue weighted by Crippen LogP contribution is -2.34. The van der Waals surface area contributed by atoms with Crippen molar-refractivity contribution in [1.82, 2.24) is 10.2 Å². The summed E-state index contributed by atoms with van der Waals surface area (Å²) < 4.78 is 1.20. The molecule has 1 aliphatic carbocycles. The Kier molecular flexibility index (Phi) is 5.48. The molecule has 0 amide bonds. The van der Waals surface area contributed by atoms with Gasteiger partial charge < -0.3 is 10.2 Å². The molecule has 96 valence electrons. The molecule has 1 aliphatic rings. The number of hydrogen-bond donors (Lipinski definition) is 1. The number of hydrogen-bond acceptors (Lipinski definition) is 3. The van der Waals surface area contributed by atoms with Crippen molar-refractivity contribution in [3.8, 4) is 0 Å². The maximum atomic E-state index is 3.66. The molecule has 2 rings (SSSR count). The summed E-state index contributed by atoms with van der Waals surface area (Å²) in [5.74, 6) is 0. The summed E-state index contributed by atoms with van der Waals surface area (Å²) in [5, 5.41) is 5.81. The maximum Gasteiger partial charge on any atom is 0.0325 e. The van der Waals surface area contributed by atoms with Gasteiger partial charge in [-0.25, -0.2) is 0 Å². The predicted octanol–water partition coefficient (Wildman–Crippen LogP) is 3.47. The molecule has 1 aromatic heterocycles. The van der Waals surface area contributed by atoms with Crippen LogP contribution in [0.25, 0.3) is 0 Å². The molecule has 0 aliphatic heterocycles. The Balaban J connectivity index is 1.61. The first-order chi connectivity index (χ1) is 8.24. The lowest BCUT2D eigenvalue weighted by molar-refractivity contribution is 0.319. The number of rotatable bonds is 6. The van der Waals surface area contributed by atoms with Gasteiger partial charge in [0.15, 0.2) is 0 Å². The number of nitrogens with zero attached hydrogens (tertiary/aromatic N) is 1. The summed E-state index contributed by atoms with van der Waals surface area (Å²) in [7, 11) is 2.20. The smallest absolute Gasteiger partial charge is 0.0325 e. The van der Waals surface area contributed by atoms with Gasteiger partial charge in [-0.2, -0.15) is 0 Å². The Morgan fingerprint density at radius 1 is 1.47 bits per heavy atom. The van der Waals surface area contributed by atoms with E-state index in [1.54, 1.807) is 0 Å². The minimum Gasteiger partial charge on any atom is -0.313 e. The molecule has 0 aromatic carbocycles. The monoisotopic (exact) mass is 316 g/mol. The van der Waals surface area contributed by atoms with E-state index in [1.807, 2.05) is 11.3 Å². The van der Waals surface area contributed by atoms with E-state index in [-0.39, 0.29) is 0 Å². The summed E-state index contributed by atoms with van der Waals surface area (Å²) >= 11 is 5.33. The van der Waals surface area contributed by atoms with Gasteiger partial charge >= 0.3 is 0 Å². The first kappa shape index (κ1) is 13.5. The van der Waals surface area contributed by atoms with Crippen molar-refractivity contribution < 1.29 is 0 Å². The summed E-state index contributed by atoms with van der Waals surface area (Å²) in [6.45, 7) is 3.31. The van der Waals surface area contributed by atoms with Crippen LogP contribution in [0.15, 0.2) is 15.9 Å². The molecule has 0 saturated heterocycles. The summed E-state index contributed by atoms with van der Waals surface area (Å²) in [6.07, 6.45) is 5.58. The van der Waals surface area contributed by atoms with E-state index in [0.29, 0.717) is 0 Å². The van der Waals surface area contributed by atoms with Crippen molar-refractivity contribution in [1.29, 1.82) is 0 Å². The second-order valence-electron chi connectivity index (χ2n) is 4.90. The summed E-state index contributed by atoms with van der Waals surface area (Å²) in [6, 6.07) is 3.00. The molecule has 4 heteroatoms. The minimum atomic E-state index is 0.791. The van der Waals surface area contributed by atoms with Gasteiger partial charge in [0.1, 0.15) is 0 Å². The van der Waals surface area contributed by atoms with Gasteiger partial charge in [-0.15, -0.1) is 11.3 Å². The first-order valence-corrected chi connectivity index (χ1v) is 8.06. The zero-order valence-electron chi connectivity index (χ0n) is 10.4. The van der Waals surface area contributed by atoms with Crippen LogP contribution in [-0.4, -0.2) is 31.1 Å². The lowest BCUT2D eigenvalue weighted by atomic mass is 10.2. The van der Waals surface area contributed by atoms with Crippen molar-refractivity contribution in [3.63, 3.8) is 0 Å². The van der Waals surface area contributed by atoms with Gasteiger partial charge in [-0.05, 0) is 41.9 Å². The highest BCUT2D eigenvalue weighted by Gasteiger charge is 2.13. The third-order valence-corrected chi connectivity index (χ3v) is 5.01. The summed E-state index contributed by atoms with van der Waals surface area (Å²) in [5.41, 5.74) is 0. The van der Waals surface area contributed by atoms with Crippen LogP contribution in [0.1, 0.15) is 30.6 Å². The van der Waals surface area contributed by atoms with E-state index in [9.17, 15) is 0 Å². The molecular weight excluding hydrogens is 296 g/mol. The molecule has 2 nitrogen and oxygen atoms in total. The normalized spacial score (nSPS) is 17.1. The van der Waals surface area contributed by atoms with E-state index in [1.165, 1.54) is 35.0 Å². The maximum absolute atomic E-state index is 3.66. The average molecular weight is 317 g/mol. The quantitative estimate of drug-likeness (QED) is 0.864. The molecule has 17 heavy (non-hydrogen) atoms. The highest BCUT2D eigenvalue weighted by Crippen LogP contribution is 2.20. The van der Waals surface area contributed by atoms with Gasteiger partial charge in [0.05, 0.1) is 0 Å². The molecule has 1 saturated carbocycles. The second-order valence-corrected chi connectivity index (χ2v) is 6.82. The van der Waals surface area contributed by atoms with Crippen LogP contribution in [0.3, 0.4) is 0 Å². The Morgan fingerprint density at radius 3 is 2.88 bits per heavy atom. The molecule has 1 aromatic rings. The van der Waals surface area contributed by atoms with Crippen LogP contribution in [0.2, 0.25) is 0 Å². The Bertz CT molecular complexity index is 334. The molecule has 0 unspecified atom stereocenters. The van der Waals surface area contributed by atoms with Gasteiger partial charge in [0.2, 0.25) is 0 Å². The fraction of sp³-hybridized carbons (Fsp3) is 0.692. The molecule has 1 N–H and O–H groups in total. The Labute approximate surface area is 117 Å². The second kappa shape index (κ2) is 6.88. The zero-order chi connectivity index (χ0) is 12.1. The third kappa shape index (κ3) is 4.70. The molecule has 0 radical (unpaired) electrons. The van der Waals surface area contributed by atoms with Crippen molar-refractivity contribution in [3.05, 3.63) is 20.8 Å². The molecule has 0 spiro atoms. The van der Waals surface area contributed by atoms with E-state index in [2.05, 4.69) is 44.6 Å². The zero-order valence-corrected chi connectivity index (χ0v) is 12.8. The summed E-state index contributed by atoms with van der Waals surface area (Å²) in [4.78, 5) is 3.82. The number of nitrogens with one attached hydrogen (secondary N) is 1. The van der Waals surface area contributed by atoms with Crippen LogP contribution >= 0.6 is 27.3 Å². The molecule has 1 fully saturated rings. The SMILES string of the molecule is CN(CCNC1CCCC1)Cc1cc(Br)cs1. The van der Waals surface area contributed by atoms with Gasteiger partial charge in [0, 0.05) is 40.4 Å². The van der Waals surface area contributed by atoms with Crippen LogP contribution < -0.4 is 5.32 Å². The van der Waals surface area contributed by atoms with Gasteiger partial charge in [-0.1, -0.05) is 12.8 Å². The first-order valence-electron chi connectivity index (χ1n) is 6.39. The molecule has 0 atom stereocenters. The fourth-order valence-electron chi connectivity index (χ4n) is 2.37. The number of thiophene rings is 1. The van der Waals surface area contributed by atoms with Crippen LogP contribution in [0, 0.1) is 0 Å². The fourth-order valence-corrected chi connectivity index (χ4v) is 3.90. The van der Waals surface area contributed by atoms with Crippen molar-refractivity contribution >= 4 is 27.3 Å². The standard InChI is InChI=1S/C13H21BrN2S/c1-16(9-13-8-11(14)10-17-13)7-6-15-12-4-2-3-5-12/h8,10,12,15H,2-7,9H2,1H3. The molecule has 1 heterocycles. The third-order valence-electron chi connectivity index (χ3n) is 3.33. The molecular formula is C13H21BrN2S.